The molecular weight excluding hydrogens is 394 g/mol. The average Bonchev–Trinajstić information content (AvgIpc) is 3.51. The van der Waals surface area contributed by atoms with Crippen LogP contribution >= 0.6 is 0 Å². The van der Waals surface area contributed by atoms with E-state index in [2.05, 4.69) is 69.5 Å². The molecule has 2 fully saturated rings. The molecule has 0 bridgehead atoms. The molecule has 166 valence electrons. The fourth-order valence-electron chi connectivity index (χ4n) is 6.42. The van der Waals surface area contributed by atoms with Crippen LogP contribution < -0.4 is 4.90 Å². The van der Waals surface area contributed by atoms with Crippen LogP contribution in [0.25, 0.3) is 10.9 Å². The number of hydrogen-bond acceptors (Lipinski definition) is 2. The number of H-pyrrole nitrogens is 1. The minimum Gasteiger partial charge on any atom is -0.361 e. The second-order valence-electron chi connectivity index (χ2n) is 10.3. The Hall–Kier alpha value is -2.59. The minimum absolute atomic E-state index is 0.222. The number of likely N-dealkylation sites (tertiary alicyclic amines) is 1. The van der Waals surface area contributed by atoms with E-state index in [0.717, 1.165) is 58.3 Å². The number of nitrogens with zero attached hydrogens (tertiary/aromatic N) is 2. The van der Waals surface area contributed by atoms with Crippen LogP contribution in [0.1, 0.15) is 49.7 Å². The summed E-state index contributed by atoms with van der Waals surface area (Å²) in [4.78, 5) is 21.7. The highest BCUT2D eigenvalue weighted by molar-refractivity contribution is 5.96. The lowest BCUT2D eigenvalue weighted by Gasteiger charge is -2.48. The molecule has 1 aromatic heterocycles. The molecule has 3 heterocycles. The van der Waals surface area contributed by atoms with Gasteiger partial charge in [0.05, 0.1) is 0 Å². The van der Waals surface area contributed by atoms with E-state index in [1.165, 1.54) is 40.6 Å². The number of benzene rings is 2. The van der Waals surface area contributed by atoms with E-state index in [-0.39, 0.29) is 11.3 Å². The topological polar surface area (TPSA) is 39.3 Å². The second kappa shape index (κ2) is 8.08. The van der Waals surface area contributed by atoms with Crippen molar-refractivity contribution < 1.29 is 4.79 Å². The number of aromatic nitrogens is 1. The number of carbonyl (C=O) groups excluding carboxylic acids is 1. The van der Waals surface area contributed by atoms with Crippen molar-refractivity contribution in [1.29, 1.82) is 0 Å². The molecule has 2 aromatic carbocycles. The van der Waals surface area contributed by atoms with Gasteiger partial charge in [-0.05, 0) is 73.9 Å². The Morgan fingerprint density at radius 1 is 1.00 bits per heavy atom. The monoisotopic (exact) mass is 427 g/mol. The molecule has 0 atom stereocenters. The molecule has 3 aromatic rings. The fraction of sp³-hybridized carbons (Fsp3) is 0.464. The van der Waals surface area contributed by atoms with Gasteiger partial charge >= 0.3 is 0 Å². The second-order valence-corrected chi connectivity index (χ2v) is 10.3. The normalized spacial score (nSPS) is 21.3. The minimum atomic E-state index is 0.222. The Balaban J connectivity index is 1.19. The molecule has 1 N–H and O–H groups in total. The predicted octanol–water partition coefficient (Wildman–Crippen LogP) is 5.53. The first-order chi connectivity index (χ1) is 15.7. The van der Waals surface area contributed by atoms with Crippen LogP contribution in [0.15, 0.2) is 54.7 Å². The molecule has 4 heteroatoms. The van der Waals surface area contributed by atoms with Crippen LogP contribution in [0.4, 0.5) is 5.69 Å². The van der Waals surface area contributed by atoms with Gasteiger partial charge in [0.1, 0.15) is 0 Å². The molecule has 1 spiro atoms. The molecule has 6 rings (SSSR count). The van der Waals surface area contributed by atoms with E-state index in [1.807, 2.05) is 0 Å². The van der Waals surface area contributed by atoms with Gasteiger partial charge in [0.15, 0.2) is 0 Å². The van der Waals surface area contributed by atoms with Crippen molar-refractivity contribution in [2.24, 2.45) is 11.3 Å². The van der Waals surface area contributed by atoms with Gasteiger partial charge in [-0.2, -0.15) is 0 Å². The summed E-state index contributed by atoms with van der Waals surface area (Å²) in [6.45, 7) is 4.11. The smallest absolute Gasteiger partial charge is 0.230 e. The lowest BCUT2D eigenvalue weighted by molar-refractivity contribution is -0.122. The Bertz CT molecular complexity index is 1120. The molecule has 3 aliphatic rings. The van der Waals surface area contributed by atoms with Crippen molar-refractivity contribution in [2.45, 2.75) is 51.5 Å². The maximum atomic E-state index is 13.5. The van der Waals surface area contributed by atoms with Gasteiger partial charge in [0.25, 0.3) is 0 Å². The third-order valence-electron chi connectivity index (χ3n) is 8.30. The number of rotatable bonds is 3. The van der Waals surface area contributed by atoms with Crippen LogP contribution in [0.2, 0.25) is 0 Å². The summed E-state index contributed by atoms with van der Waals surface area (Å²) >= 11 is 0. The van der Waals surface area contributed by atoms with Crippen LogP contribution in [0.5, 0.6) is 0 Å². The summed E-state index contributed by atoms with van der Waals surface area (Å²) in [6.07, 6.45) is 10.2. The zero-order valence-electron chi connectivity index (χ0n) is 18.9. The Labute approximate surface area is 190 Å². The highest BCUT2D eigenvalue weighted by Crippen LogP contribution is 2.44. The summed E-state index contributed by atoms with van der Waals surface area (Å²) in [5.41, 5.74) is 5.38. The quantitative estimate of drug-likeness (QED) is 0.597. The number of fused-ring (bicyclic) bond motifs is 2. The molecule has 4 nitrogen and oxygen atoms in total. The lowest BCUT2D eigenvalue weighted by Crippen LogP contribution is -2.52. The Morgan fingerprint density at radius 2 is 1.75 bits per heavy atom. The zero-order chi connectivity index (χ0) is 21.5. The first-order valence-corrected chi connectivity index (χ1v) is 12.4. The molecule has 1 amide bonds. The molecule has 1 saturated heterocycles. The molecule has 0 radical (unpaired) electrons. The third kappa shape index (κ3) is 3.55. The summed E-state index contributed by atoms with van der Waals surface area (Å²) < 4.78 is 0. The molecule has 1 saturated carbocycles. The highest BCUT2D eigenvalue weighted by atomic mass is 16.2. The largest absolute Gasteiger partial charge is 0.361 e. The summed E-state index contributed by atoms with van der Waals surface area (Å²) in [7, 11) is 0. The van der Waals surface area contributed by atoms with Crippen molar-refractivity contribution >= 4 is 22.5 Å². The molecule has 0 unspecified atom stereocenters. The summed E-state index contributed by atoms with van der Waals surface area (Å²) in [5.74, 6) is 0.621. The van der Waals surface area contributed by atoms with Gasteiger partial charge in [0, 0.05) is 41.8 Å². The van der Waals surface area contributed by atoms with Crippen molar-refractivity contribution in [1.82, 2.24) is 9.88 Å². The number of amides is 1. The molecular formula is C28H33N3O. The Kier molecular flexibility index (Phi) is 5.06. The van der Waals surface area contributed by atoms with E-state index < -0.39 is 0 Å². The van der Waals surface area contributed by atoms with Crippen molar-refractivity contribution in [3.8, 4) is 0 Å². The fourth-order valence-corrected chi connectivity index (χ4v) is 6.42. The van der Waals surface area contributed by atoms with Crippen LogP contribution in [-0.4, -0.2) is 35.4 Å². The molecule has 2 aliphatic heterocycles. The average molecular weight is 428 g/mol. The lowest BCUT2D eigenvalue weighted by atomic mass is 9.70. The third-order valence-corrected chi connectivity index (χ3v) is 8.30. The van der Waals surface area contributed by atoms with E-state index in [1.54, 1.807) is 0 Å². The maximum Gasteiger partial charge on any atom is 0.230 e. The number of aromatic amines is 1. The van der Waals surface area contributed by atoms with E-state index in [4.69, 9.17) is 0 Å². The first kappa shape index (κ1) is 20.0. The predicted molar refractivity (Wildman–Crippen MR) is 130 cm³/mol. The maximum absolute atomic E-state index is 13.5. The van der Waals surface area contributed by atoms with E-state index in [0.29, 0.717) is 5.91 Å². The summed E-state index contributed by atoms with van der Waals surface area (Å²) in [5, 5.41) is 1.34. The highest BCUT2D eigenvalue weighted by Gasteiger charge is 2.43. The van der Waals surface area contributed by atoms with Crippen LogP contribution in [-0.2, 0) is 17.8 Å². The van der Waals surface area contributed by atoms with Crippen molar-refractivity contribution in [2.75, 3.05) is 24.5 Å². The van der Waals surface area contributed by atoms with Gasteiger partial charge in [-0.1, -0.05) is 49.2 Å². The van der Waals surface area contributed by atoms with Gasteiger partial charge < -0.3 is 9.88 Å². The van der Waals surface area contributed by atoms with E-state index >= 15 is 0 Å². The van der Waals surface area contributed by atoms with Gasteiger partial charge in [-0.3, -0.25) is 9.69 Å². The van der Waals surface area contributed by atoms with Gasteiger partial charge in [0.2, 0.25) is 5.91 Å². The zero-order valence-corrected chi connectivity index (χ0v) is 18.9. The van der Waals surface area contributed by atoms with Crippen molar-refractivity contribution in [3.05, 3.63) is 65.9 Å². The number of anilines is 1. The number of carbonyl (C=O) groups is 1. The standard InChI is InChI=1S/C28H33N3O/c32-27(21-7-1-2-8-21)31-20-28(17-22-9-3-6-12-26(22)31)13-15-30(16-14-28)19-23-18-29-25-11-5-4-10-24(23)25/h3-6,9-12,18,21,29H,1-2,7-8,13-17,19-20H2. The first-order valence-electron chi connectivity index (χ1n) is 12.4. The number of nitrogens with one attached hydrogen (secondary N) is 1. The number of piperidine rings is 1. The number of hydrogen-bond donors (Lipinski definition) is 1. The summed E-state index contributed by atoms with van der Waals surface area (Å²) in [6, 6.07) is 17.2. The van der Waals surface area contributed by atoms with Gasteiger partial charge in [-0.25, -0.2) is 0 Å². The van der Waals surface area contributed by atoms with Crippen LogP contribution in [0, 0.1) is 11.3 Å². The van der Waals surface area contributed by atoms with Gasteiger partial charge in [-0.15, -0.1) is 0 Å². The number of para-hydroxylation sites is 2. The van der Waals surface area contributed by atoms with Crippen molar-refractivity contribution in [3.63, 3.8) is 0 Å². The Morgan fingerprint density at radius 3 is 2.59 bits per heavy atom. The van der Waals surface area contributed by atoms with E-state index in [9.17, 15) is 4.79 Å². The molecule has 32 heavy (non-hydrogen) atoms. The molecule has 1 aliphatic carbocycles. The SMILES string of the molecule is O=C(C1CCCC1)N1CC2(CCN(Cc3c[nH]c4ccccc34)CC2)Cc2ccccc21. The van der Waals surface area contributed by atoms with Crippen LogP contribution in [0.3, 0.4) is 0 Å².